The number of ether oxygens (including phenoxy) is 1. The molecule has 16 heavy (non-hydrogen) atoms. The van der Waals surface area contributed by atoms with Crippen LogP contribution in [0.2, 0.25) is 0 Å². The van der Waals surface area contributed by atoms with Gasteiger partial charge in [-0.2, -0.15) is 0 Å². The Kier molecular flexibility index (Phi) is 3.73. The van der Waals surface area contributed by atoms with Crippen molar-refractivity contribution in [1.82, 2.24) is 4.98 Å². The van der Waals surface area contributed by atoms with E-state index in [1.165, 1.54) is 7.11 Å². The highest BCUT2D eigenvalue weighted by Gasteiger charge is 2.26. The van der Waals surface area contributed by atoms with Gasteiger partial charge < -0.3 is 4.74 Å². The van der Waals surface area contributed by atoms with Crippen LogP contribution in [-0.2, 0) is 10.2 Å². The first-order valence-corrected chi connectivity index (χ1v) is 6.18. The topological polar surface area (TPSA) is 39.2 Å². The number of hydrogen-bond acceptors (Lipinski definition) is 4. The second kappa shape index (κ2) is 4.53. The van der Waals surface area contributed by atoms with Crippen LogP contribution in [0.1, 0.15) is 60.9 Å². The van der Waals surface area contributed by atoms with E-state index in [1.807, 2.05) is 0 Å². The lowest BCUT2D eigenvalue weighted by molar-refractivity contribution is 0.0593. The number of hydrogen-bond donors (Lipinski definition) is 0. The van der Waals surface area contributed by atoms with E-state index >= 15 is 0 Å². The van der Waals surface area contributed by atoms with Gasteiger partial charge in [0.15, 0.2) is 5.69 Å². The van der Waals surface area contributed by atoms with E-state index < -0.39 is 0 Å². The van der Waals surface area contributed by atoms with Gasteiger partial charge in [0.1, 0.15) is 0 Å². The molecular weight excluding hydrogens is 222 g/mol. The van der Waals surface area contributed by atoms with Crippen LogP contribution in [-0.4, -0.2) is 18.1 Å². The highest BCUT2D eigenvalue weighted by Crippen LogP contribution is 2.33. The van der Waals surface area contributed by atoms with Crippen molar-refractivity contribution in [3.05, 3.63) is 15.6 Å². The molecule has 0 aliphatic heterocycles. The van der Waals surface area contributed by atoms with Crippen molar-refractivity contribution in [3.63, 3.8) is 0 Å². The summed E-state index contributed by atoms with van der Waals surface area (Å²) in [6, 6.07) is 0. The van der Waals surface area contributed by atoms with Gasteiger partial charge in [-0.3, -0.25) is 0 Å². The Bertz CT molecular complexity index is 388. The Hall–Kier alpha value is -0.900. The zero-order valence-electron chi connectivity index (χ0n) is 10.7. The Morgan fingerprint density at radius 2 is 1.94 bits per heavy atom. The van der Waals surface area contributed by atoms with Crippen LogP contribution >= 0.6 is 11.3 Å². The van der Waals surface area contributed by atoms with Gasteiger partial charge in [0.2, 0.25) is 0 Å². The molecule has 0 N–H and O–H groups in total. The number of carbonyl (C=O) groups is 1. The van der Waals surface area contributed by atoms with Crippen molar-refractivity contribution in [3.8, 4) is 0 Å². The molecule has 0 saturated carbocycles. The van der Waals surface area contributed by atoms with E-state index in [2.05, 4.69) is 39.6 Å². The lowest BCUT2D eigenvalue weighted by Crippen LogP contribution is -2.12. The number of carbonyl (C=O) groups excluding carboxylic acids is 1. The van der Waals surface area contributed by atoms with Crippen LogP contribution in [0.5, 0.6) is 0 Å². The van der Waals surface area contributed by atoms with Crippen molar-refractivity contribution in [2.75, 3.05) is 7.11 Å². The second-order valence-electron chi connectivity index (χ2n) is 5.13. The zero-order chi connectivity index (χ0) is 12.5. The van der Waals surface area contributed by atoms with Gasteiger partial charge >= 0.3 is 5.97 Å². The molecule has 1 aromatic heterocycles. The lowest BCUT2D eigenvalue weighted by Gasteiger charge is -2.13. The minimum Gasteiger partial charge on any atom is -0.464 e. The van der Waals surface area contributed by atoms with Gasteiger partial charge in [-0.1, -0.05) is 34.6 Å². The molecule has 4 heteroatoms. The smallest absolute Gasteiger partial charge is 0.357 e. The number of aromatic nitrogens is 1. The molecule has 0 aromatic carbocycles. The number of thiazole rings is 1. The Morgan fingerprint density at radius 3 is 2.31 bits per heavy atom. The molecule has 3 nitrogen and oxygen atoms in total. The standard InChI is InChI=1S/C12H19NO2S/c1-7(2)9-8(10(14)15-6)13-11(16-9)12(3,4)5/h7H,1-6H3. The molecule has 0 saturated heterocycles. The van der Waals surface area contributed by atoms with Gasteiger partial charge in [0, 0.05) is 10.3 Å². The predicted molar refractivity (Wildman–Crippen MR) is 66.2 cm³/mol. The highest BCUT2D eigenvalue weighted by atomic mass is 32.1. The summed E-state index contributed by atoms with van der Waals surface area (Å²) in [4.78, 5) is 17.0. The third-order valence-corrected chi connectivity index (χ3v) is 3.98. The number of methoxy groups -OCH3 is 1. The summed E-state index contributed by atoms with van der Waals surface area (Å²) in [7, 11) is 1.39. The van der Waals surface area contributed by atoms with Crippen LogP contribution in [0.3, 0.4) is 0 Å². The summed E-state index contributed by atoms with van der Waals surface area (Å²) >= 11 is 1.61. The molecule has 0 fully saturated rings. The SMILES string of the molecule is COC(=O)c1nc(C(C)(C)C)sc1C(C)C. The van der Waals surface area contributed by atoms with Gasteiger partial charge in [-0.25, -0.2) is 9.78 Å². The maximum absolute atomic E-state index is 11.6. The van der Waals surface area contributed by atoms with E-state index in [-0.39, 0.29) is 11.4 Å². The summed E-state index contributed by atoms with van der Waals surface area (Å²) < 4.78 is 4.76. The maximum atomic E-state index is 11.6. The van der Waals surface area contributed by atoms with Gasteiger partial charge in [0.05, 0.1) is 12.1 Å². The molecule has 1 rings (SSSR count). The fraction of sp³-hybridized carbons (Fsp3) is 0.667. The molecule has 90 valence electrons. The molecule has 0 atom stereocenters. The molecule has 1 aromatic rings. The summed E-state index contributed by atoms with van der Waals surface area (Å²) in [5, 5.41) is 0.983. The number of nitrogens with zero attached hydrogens (tertiary/aromatic N) is 1. The number of rotatable bonds is 2. The third kappa shape index (κ3) is 2.61. The van der Waals surface area contributed by atoms with Crippen molar-refractivity contribution in [1.29, 1.82) is 0 Å². The van der Waals surface area contributed by atoms with Crippen molar-refractivity contribution >= 4 is 17.3 Å². The van der Waals surface area contributed by atoms with Crippen LogP contribution in [0.4, 0.5) is 0 Å². The van der Waals surface area contributed by atoms with Crippen molar-refractivity contribution in [2.45, 2.75) is 46.0 Å². The summed E-state index contributed by atoms with van der Waals surface area (Å²) in [6.45, 7) is 10.4. The van der Waals surface area contributed by atoms with Crippen molar-refractivity contribution in [2.24, 2.45) is 0 Å². The van der Waals surface area contributed by atoms with Crippen LogP contribution in [0, 0.1) is 0 Å². The Morgan fingerprint density at radius 1 is 1.38 bits per heavy atom. The molecule has 1 heterocycles. The minimum absolute atomic E-state index is 0.0272. The monoisotopic (exact) mass is 241 g/mol. The Balaban J connectivity index is 3.26. The van der Waals surface area contributed by atoms with Gasteiger partial charge in [-0.15, -0.1) is 11.3 Å². The summed E-state index contributed by atoms with van der Waals surface area (Å²) in [5.74, 6) is -0.0434. The number of esters is 1. The first kappa shape index (κ1) is 13.2. The first-order valence-electron chi connectivity index (χ1n) is 5.37. The maximum Gasteiger partial charge on any atom is 0.357 e. The normalized spacial score (nSPS) is 11.9. The molecule has 0 aliphatic rings. The molecule has 0 unspecified atom stereocenters. The van der Waals surface area contributed by atoms with E-state index in [1.54, 1.807) is 11.3 Å². The van der Waals surface area contributed by atoms with E-state index in [0.29, 0.717) is 11.6 Å². The quantitative estimate of drug-likeness (QED) is 0.745. The van der Waals surface area contributed by atoms with Gasteiger partial charge in [0.25, 0.3) is 0 Å². The highest BCUT2D eigenvalue weighted by molar-refractivity contribution is 7.12. The predicted octanol–water partition coefficient (Wildman–Crippen LogP) is 3.35. The summed E-state index contributed by atoms with van der Waals surface area (Å²) in [5.41, 5.74) is 0.452. The van der Waals surface area contributed by atoms with Crippen LogP contribution in [0.25, 0.3) is 0 Å². The van der Waals surface area contributed by atoms with Crippen LogP contribution in [0.15, 0.2) is 0 Å². The zero-order valence-corrected chi connectivity index (χ0v) is 11.6. The van der Waals surface area contributed by atoms with Crippen molar-refractivity contribution < 1.29 is 9.53 Å². The largest absolute Gasteiger partial charge is 0.464 e. The minimum atomic E-state index is -0.338. The Labute approximate surface area is 101 Å². The first-order chi connectivity index (χ1) is 7.27. The van der Waals surface area contributed by atoms with Crippen LogP contribution < -0.4 is 0 Å². The van der Waals surface area contributed by atoms with E-state index in [9.17, 15) is 4.79 Å². The van der Waals surface area contributed by atoms with E-state index in [4.69, 9.17) is 4.74 Å². The molecule has 0 aliphatic carbocycles. The average molecular weight is 241 g/mol. The summed E-state index contributed by atoms with van der Waals surface area (Å²) in [6.07, 6.45) is 0. The molecule has 0 spiro atoms. The molecule has 0 bridgehead atoms. The average Bonchev–Trinajstić information content (AvgIpc) is 2.60. The van der Waals surface area contributed by atoms with Gasteiger partial charge in [-0.05, 0) is 5.92 Å². The molecule has 0 amide bonds. The van der Waals surface area contributed by atoms with E-state index in [0.717, 1.165) is 9.88 Å². The lowest BCUT2D eigenvalue weighted by atomic mass is 9.98. The second-order valence-corrected chi connectivity index (χ2v) is 6.16. The third-order valence-electron chi connectivity index (χ3n) is 2.20. The molecular formula is C12H19NO2S. The molecule has 0 radical (unpaired) electrons. The fourth-order valence-corrected chi connectivity index (χ4v) is 2.40. The fourth-order valence-electron chi connectivity index (χ4n) is 1.29.